The molecule has 0 bridgehead atoms. The largest absolute Gasteiger partial charge is 0.396 e. The van der Waals surface area contributed by atoms with Crippen molar-refractivity contribution >= 4 is 11.6 Å². The summed E-state index contributed by atoms with van der Waals surface area (Å²) in [6, 6.07) is 4.06. The van der Waals surface area contributed by atoms with E-state index in [1.54, 1.807) is 6.92 Å². The van der Waals surface area contributed by atoms with Crippen LogP contribution in [0.5, 0.6) is 0 Å². The summed E-state index contributed by atoms with van der Waals surface area (Å²) in [6.45, 7) is 3.70. The number of anilines is 1. The third-order valence-corrected chi connectivity index (χ3v) is 2.72. The second-order valence-electron chi connectivity index (χ2n) is 4.63. The molecule has 4 nitrogen and oxygen atoms in total. The summed E-state index contributed by atoms with van der Waals surface area (Å²) in [5, 5.41) is 12.5. The Morgan fingerprint density at radius 2 is 2.22 bits per heavy atom. The first kappa shape index (κ1) is 14.4. The van der Waals surface area contributed by atoms with Crippen LogP contribution in [0.1, 0.15) is 37.0 Å². The first-order valence-corrected chi connectivity index (χ1v) is 5.92. The summed E-state index contributed by atoms with van der Waals surface area (Å²) < 4.78 is 13.2. The van der Waals surface area contributed by atoms with Gasteiger partial charge in [0, 0.05) is 6.54 Å². The Morgan fingerprint density at radius 1 is 1.56 bits per heavy atom. The fraction of sp³-hybridized carbons (Fsp3) is 0.462. The van der Waals surface area contributed by atoms with Gasteiger partial charge in [0.15, 0.2) is 0 Å². The Bertz CT molecular complexity index is 433. The number of benzene rings is 1. The standard InChI is InChI=1S/C13H19FN2O2/c1-3-7-13(2,18)8-16-12(17)9-5-4-6-10(14)11(9)15/h4-6,18H,3,7-8,15H2,1-2H3,(H,16,17). The molecule has 1 atom stereocenters. The Balaban J connectivity index is 2.69. The molecule has 5 heteroatoms. The smallest absolute Gasteiger partial charge is 0.253 e. The number of aliphatic hydroxyl groups is 1. The lowest BCUT2D eigenvalue weighted by molar-refractivity contribution is 0.0470. The molecular formula is C13H19FN2O2. The summed E-state index contributed by atoms with van der Waals surface area (Å²) in [7, 11) is 0. The van der Waals surface area contributed by atoms with Gasteiger partial charge in [-0.05, 0) is 25.5 Å². The van der Waals surface area contributed by atoms with Crippen LogP contribution in [0.15, 0.2) is 18.2 Å². The molecule has 1 rings (SSSR count). The van der Waals surface area contributed by atoms with Crippen molar-refractivity contribution in [2.75, 3.05) is 12.3 Å². The van der Waals surface area contributed by atoms with Gasteiger partial charge in [0.1, 0.15) is 5.82 Å². The Hall–Kier alpha value is -1.62. The Labute approximate surface area is 106 Å². The fourth-order valence-electron chi connectivity index (χ4n) is 1.73. The van der Waals surface area contributed by atoms with E-state index in [0.29, 0.717) is 6.42 Å². The van der Waals surface area contributed by atoms with Gasteiger partial charge < -0.3 is 16.2 Å². The van der Waals surface area contributed by atoms with E-state index in [9.17, 15) is 14.3 Å². The van der Waals surface area contributed by atoms with E-state index in [0.717, 1.165) is 6.42 Å². The zero-order valence-corrected chi connectivity index (χ0v) is 10.7. The maximum absolute atomic E-state index is 13.2. The fourth-order valence-corrected chi connectivity index (χ4v) is 1.73. The highest BCUT2D eigenvalue weighted by atomic mass is 19.1. The van der Waals surface area contributed by atoms with E-state index in [1.807, 2.05) is 6.92 Å². The summed E-state index contributed by atoms with van der Waals surface area (Å²) in [4.78, 5) is 11.8. The molecule has 1 unspecified atom stereocenters. The van der Waals surface area contributed by atoms with E-state index >= 15 is 0 Å². The average Bonchev–Trinajstić information content (AvgIpc) is 2.30. The van der Waals surface area contributed by atoms with Gasteiger partial charge in [-0.1, -0.05) is 19.4 Å². The van der Waals surface area contributed by atoms with Gasteiger partial charge in [0.05, 0.1) is 16.9 Å². The highest BCUT2D eigenvalue weighted by Crippen LogP contribution is 2.16. The minimum atomic E-state index is -0.966. The molecule has 1 amide bonds. The van der Waals surface area contributed by atoms with Crippen molar-refractivity contribution in [3.05, 3.63) is 29.6 Å². The number of nitrogen functional groups attached to an aromatic ring is 1. The number of carbonyl (C=O) groups excluding carboxylic acids is 1. The number of halogens is 1. The summed E-state index contributed by atoms with van der Waals surface area (Å²) in [6.07, 6.45) is 1.39. The number of para-hydroxylation sites is 1. The molecule has 100 valence electrons. The zero-order chi connectivity index (χ0) is 13.8. The molecule has 0 spiro atoms. The summed E-state index contributed by atoms with van der Waals surface area (Å²) in [5.74, 6) is -1.11. The molecule has 0 aliphatic heterocycles. The van der Waals surface area contributed by atoms with Crippen molar-refractivity contribution < 1.29 is 14.3 Å². The molecule has 0 aliphatic rings. The van der Waals surface area contributed by atoms with E-state index in [-0.39, 0.29) is 17.8 Å². The topological polar surface area (TPSA) is 75.3 Å². The molecule has 0 radical (unpaired) electrons. The average molecular weight is 254 g/mol. The lowest BCUT2D eigenvalue weighted by atomic mass is 10.0. The van der Waals surface area contributed by atoms with Crippen LogP contribution < -0.4 is 11.1 Å². The van der Waals surface area contributed by atoms with E-state index in [2.05, 4.69) is 5.32 Å². The molecule has 0 saturated heterocycles. The van der Waals surface area contributed by atoms with Crippen LogP contribution in [0.3, 0.4) is 0 Å². The number of nitrogens with one attached hydrogen (secondary N) is 1. The van der Waals surface area contributed by atoms with Crippen LogP contribution in [0.2, 0.25) is 0 Å². The number of carbonyl (C=O) groups is 1. The van der Waals surface area contributed by atoms with Crippen LogP contribution in [-0.4, -0.2) is 23.2 Å². The van der Waals surface area contributed by atoms with E-state index in [4.69, 9.17) is 5.73 Å². The van der Waals surface area contributed by atoms with Crippen LogP contribution >= 0.6 is 0 Å². The van der Waals surface area contributed by atoms with Crippen molar-refractivity contribution in [2.24, 2.45) is 0 Å². The second-order valence-corrected chi connectivity index (χ2v) is 4.63. The number of hydrogen-bond acceptors (Lipinski definition) is 3. The van der Waals surface area contributed by atoms with Crippen LogP contribution in [0, 0.1) is 5.82 Å². The maximum atomic E-state index is 13.2. The van der Waals surface area contributed by atoms with E-state index < -0.39 is 17.3 Å². The van der Waals surface area contributed by atoms with Crippen molar-refractivity contribution in [1.29, 1.82) is 0 Å². The maximum Gasteiger partial charge on any atom is 0.253 e. The van der Waals surface area contributed by atoms with Crippen molar-refractivity contribution in [1.82, 2.24) is 5.32 Å². The minimum absolute atomic E-state index is 0.0855. The van der Waals surface area contributed by atoms with Gasteiger partial charge in [0.2, 0.25) is 0 Å². The number of rotatable bonds is 5. The van der Waals surface area contributed by atoms with Crippen LogP contribution in [0.4, 0.5) is 10.1 Å². The zero-order valence-electron chi connectivity index (χ0n) is 10.7. The van der Waals surface area contributed by atoms with Gasteiger partial charge in [-0.25, -0.2) is 4.39 Å². The molecule has 4 N–H and O–H groups in total. The predicted molar refractivity (Wildman–Crippen MR) is 68.7 cm³/mol. The lowest BCUT2D eigenvalue weighted by Gasteiger charge is -2.23. The molecule has 0 fully saturated rings. The molecule has 0 heterocycles. The third kappa shape index (κ3) is 3.70. The van der Waals surface area contributed by atoms with Gasteiger partial charge in [0.25, 0.3) is 5.91 Å². The summed E-state index contributed by atoms with van der Waals surface area (Å²) in [5.41, 5.74) is 4.43. The molecular weight excluding hydrogens is 235 g/mol. The second kappa shape index (κ2) is 5.82. The Kier molecular flexibility index (Phi) is 4.67. The van der Waals surface area contributed by atoms with Crippen LogP contribution in [-0.2, 0) is 0 Å². The quantitative estimate of drug-likeness (QED) is 0.700. The molecule has 0 aliphatic carbocycles. The molecule has 0 saturated carbocycles. The number of hydrogen-bond donors (Lipinski definition) is 3. The van der Waals surface area contributed by atoms with Gasteiger partial charge >= 0.3 is 0 Å². The predicted octanol–water partition coefficient (Wildman–Crippen LogP) is 1.69. The van der Waals surface area contributed by atoms with Crippen molar-refractivity contribution in [3.63, 3.8) is 0 Å². The van der Waals surface area contributed by atoms with Crippen molar-refractivity contribution in [3.8, 4) is 0 Å². The van der Waals surface area contributed by atoms with E-state index in [1.165, 1.54) is 18.2 Å². The molecule has 1 aromatic rings. The monoisotopic (exact) mass is 254 g/mol. The van der Waals surface area contributed by atoms with Gasteiger partial charge in [-0.2, -0.15) is 0 Å². The minimum Gasteiger partial charge on any atom is -0.396 e. The molecule has 0 aromatic heterocycles. The first-order valence-electron chi connectivity index (χ1n) is 5.92. The number of amides is 1. The number of nitrogens with two attached hydrogens (primary N) is 1. The first-order chi connectivity index (χ1) is 8.37. The molecule has 1 aromatic carbocycles. The van der Waals surface area contributed by atoms with Gasteiger partial charge in [-0.3, -0.25) is 4.79 Å². The SMILES string of the molecule is CCCC(C)(O)CNC(=O)c1cccc(F)c1N. The third-order valence-electron chi connectivity index (χ3n) is 2.72. The highest BCUT2D eigenvalue weighted by molar-refractivity contribution is 5.99. The highest BCUT2D eigenvalue weighted by Gasteiger charge is 2.21. The Morgan fingerprint density at radius 3 is 2.83 bits per heavy atom. The lowest BCUT2D eigenvalue weighted by Crippen LogP contribution is -2.40. The molecule has 18 heavy (non-hydrogen) atoms. The van der Waals surface area contributed by atoms with Crippen LogP contribution in [0.25, 0.3) is 0 Å². The normalized spacial score (nSPS) is 14.0. The van der Waals surface area contributed by atoms with Crippen molar-refractivity contribution in [2.45, 2.75) is 32.3 Å². The van der Waals surface area contributed by atoms with Gasteiger partial charge in [-0.15, -0.1) is 0 Å². The summed E-state index contributed by atoms with van der Waals surface area (Å²) >= 11 is 0.